The van der Waals surface area contributed by atoms with Crippen LogP contribution in [0.5, 0.6) is 0 Å². The van der Waals surface area contributed by atoms with Crippen LogP contribution in [-0.4, -0.2) is 5.78 Å². The molecule has 84 valence electrons. The first-order valence-electron chi connectivity index (χ1n) is 5.50. The van der Waals surface area contributed by atoms with Crippen molar-refractivity contribution in [2.45, 2.75) is 26.7 Å². The highest BCUT2D eigenvalue weighted by atomic mass is 35.5. The van der Waals surface area contributed by atoms with E-state index < -0.39 is 0 Å². The molecule has 1 aliphatic carbocycles. The molecule has 0 aromatic heterocycles. The van der Waals surface area contributed by atoms with Crippen LogP contribution in [0.1, 0.15) is 32.3 Å². The lowest BCUT2D eigenvalue weighted by Gasteiger charge is -2.12. The normalized spacial score (nSPS) is 21.7. The molecule has 1 saturated carbocycles. The predicted molar refractivity (Wildman–Crippen MR) is 67.5 cm³/mol. The van der Waals surface area contributed by atoms with Crippen molar-refractivity contribution in [2.75, 3.05) is 0 Å². The Labute approximate surface area is 101 Å². The van der Waals surface area contributed by atoms with Crippen LogP contribution in [-0.2, 0) is 4.79 Å². The molecule has 1 aromatic rings. The van der Waals surface area contributed by atoms with E-state index >= 15 is 0 Å². The van der Waals surface area contributed by atoms with Crippen LogP contribution < -0.4 is 0 Å². The Kier molecular flexibility index (Phi) is 2.90. The molecule has 0 unspecified atom stereocenters. The largest absolute Gasteiger partial charge is 0.294 e. The maximum absolute atomic E-state index is 12.0. The van der Waals surface area contributed by atoms with Gasteiger partial charge in [-0.1, -0.05) is 37.6 Å². The van der Waals surface area contributed by atoms with Crippen LogP contribution >= 0.6 is 11.6 Å². The lowest BCUT2D eigenvalue weighted by atomic mass is 9.90. The summed E-state index contributed by atoms with van der Waals surface area (Å²) in [5.41, 5.74) is 1.80. The van der Waals surface area contributed by atoms with E-state index in [0.717, 1.165) is 29.0 Å². The van der Waals surface area contributed by atoms with Gasteiger partial charge in [-0.25, -0.2) is 0 Å². The Morgan fingerprint density at radius 3 is 2.38 bits per heavy atom. The molecule has 0 bridgehead atoms. The lowest BCUT2D eigenvalue weighted by molar-refractivity contribution is -0.121. The summed E-state index contributed by atoms with van der Waals surface area (Å²) in [7, 11) is 0. The molecule has 0 aliphatic heterocycles. The van der Waals surface area contributed by atoms with Gasteiger partial charge in [-0.2, -0.15) is 0 Å². The third-order valence-electron chi connectivity index (χ3n) is 3.14. The van der Waals surface area contributed by atoms with Gasteiger partial charge >= 0.3 is 0 Å². The smallest absolute Gasteiger partial charge is 0.164 e. The van der Waals surface area contributed by atoms with Crippen molar-refractivity contribution >= 4 is 23.5 Å². The van der Waals surface area contributed by atoms with Crippen molar-refractivity contribution < 1.29 is 4.79 Å². The van der Waals surface area contributed by atoms with Crippen LogP contribution in [0.2, 0.25) is 5.02 Å². The van der Waals surface area contributed by atoms with Crippen molar-refractivity contribution in [3.63, 3.8) is 0 Å². The molecular weight excluding hydrogens is 220 g/mol. The molecule has 16 heavy (non-hydrogen) atoms. The third kappa shape index (κ3) is 2.19. The Balaban J connectivity index is 2.26. The zero-order valence-corrected chi connectivity index (χ0v) is 10.3. The molecule has 0 saturated heterocycles. The van der Waals surface area contributed by atoms with Gasteiger partial charge in [0.25, 0.3) is 0 Å². The fraction of sp³-hybridized carbons (Fsp3) is 0.357. The van der Waals surface area contributed by atoms with Gasteiger partial charge in [-0.15, -0.1) is 0 Å². The molecule has 0 heterocycles. The van der Waals surface area contributed by atoms with Gasteiger partial charge in [0.2, 0.25) is 0 Å². The van der Waals surface area contributed by atoms with Gasteiger partial charge in [0.05, 0.1) is 0 Å². The zero-order chi connectivity index (χ0) is 11.8. The zero-order valence-electron chi connectivity index (χ0n) is 9.59. The summed E-state index contributed by atoms with van der Waals surface area (Å²) in [5.74, 6) is 0.280. The fourth-order valence-corrected chi connectivity index (χ4v) is 2.13. The maximum Gasteiger partial charge on any atom is 0.164 e. The van der Waals surface area contributed by atoms with E-state index in [1.54, 1.807) is 0 Å². The molecule has 0 atom stereocenters. The Hall–Kier alpha value is -1.08. The molecule has 2 heteroatoms. The summed E-state index contributed by atoms with van der Waals surface area (Å²) in [4.78, 5) is 12.0. The maximum atomic E-state index is 12.0. The number of carbonyl (C=O) groups is 1. The summed E-state index contributed by atoms with van der Waals surface area (Å²) in [6, 6.07) is 7.57. The van der Waals surface area contributed by atoms with Gasteiger partial charge in [-0.05, 0) is 42.2 Å². The van der Waals surface area contributed by atoms with Crippen molar-refractivity contribution in [1.82, 2.24) is 0 Å². The molecule has 0 radical (unpaired) electrons. The van der Waals surface area contributed by atoms with Gasteiger partial charge in [0.15, 0.2) is 5.78 Å². The van der Waals surface area contributed by atoms with Crippen LogP contribution in [0.25, 0.3) is 6.08 Å². The third-order valence-corrected chi connectivity index (χ3v) is 3.39. The van der Waals surface area contributed by atoms with Gasteiger partial charge < -0.3 is 0 Å². The number of allylic oxidation sites excluding steroid dienone is 1. The van der Waals surface area contributed by atoms with Crippen molar-refractivity contribution in [1.29, 1.82) is 0 Å². The Morgan fingerprint density at radius 1 is 1.25 bits per heavy atom. The van der Waals surface area contributed by atoms with Crippen LogP contribution in [0, 0.1) is 5.41 Å². The van der Waals surface area contributed by atoms with E-state index in [0.29, 0.717) is 0 Å². The standard InChI is InChI=1S/C14H15ClO/c1-14(2)8-7-11(13(14)16)9-10-3-5-12(15)6-4-10/h3-6,9H,7-8H2,1-2H3/b11-9+. The average Bonchev–Trinajstić information content (AvgIpc) is 2.49. The second-order valence-corrected chi connectivity index (χ2v) is 5.37. The molecular formula is C14H15ClO. The number of carbonyl (C=O) groups excluding carboxylic acids is 1. The number of hydrogen-bond donors (Lipinski definition) is 0. The Bertz CT molecular complexity index is 440. The first kappa shape index (κ1) is 11.4. The number of benzene rings is 1. The highest BCUT2D eigenvalue weighted by molar-refractivity contribution is 6.30. The van der Waals surface area contributed by atoms with E-state index in [4.69, 9.17) is 11.6 Å². The van der Waals surface area contributed by atoms with Crippen LogP contribution in [0.4, 0.5) is 0 Å². The molecule has 1 aromatic carbocycles. The topological polar surface area (TPSA) is 17.1 Å². The Morgan fingerprint density at radius 2 is 1.88 bits per heavy atom. The number of rotatable bonds is 1. The van der Waals surface area contributed by atoms with Crippen LogP contribution in [0.15, 0.2) is 29.8 Å². The quantitative estimate of drug-likeness (QED) is 0.669. The summed E-state index contributed by atoms with van der Waals surface area (Å²) >= 11 is 5.81. The van der Waals surface area contributed by atoms with Gasteiger partial charge in [0, 0.05) is 10.4 Å². The molecule has 2 rings (SSSR count). The van der Waals surface area contributed by atoms with E-state index in [1.807, 2.05) is 44.2 Å². The molecule has 1 fully saturated rings. The van der Waals surface area contributed by atoms with E-state index in [1.165, 1.54) is 0 Å². The van der Waals surface area contributed by atoms with E-state index in [2.05, 4.69) is 0 Å². The second kappa shape index (κ2) is 4.06. The molecule has 0 N–H and O–H groups in total. The van der Waals surface area contributed by atoms with Crippen molar-refractivity contribution in [3.05, 3.63) is 40.4 Å². The average molecular weight is 235 g/mol. The number of ketones is 1. The minimum atomic E-state index is -0.182. The highest BCUT2D eigenvalue weighted by Gasteiger charge is 2.36. The molecule has 1 nitrogen and oxygen atoms in total. The summed E-state index contributed by atoms with van der Waals surface area (Å²) < 4.78 is 0. The monoisotopic (exact) mass is 234 g/mol. The highest BCUT2D eigenvalue weighted by Crippen LogP contribution is 2.37. The first-order chi connectivity index (χ1) is 7.49. The summed E-state index contributed by atoms with van der Waals surface area (Å²) in [6.45, 7) is 4.02. The van der Waals surface area contributed by atoms with E-state index in [-0.39, 0.29) is 11.2 Å². The van der Waals surface area contributed by atoms with Crippen molar-refractivity contribution in [2.24, 2.45) is 5.41 Å². The molecule has 0 spiro atoms. The van der Waals surface area contributed by atoms with Crippen molar-refractivity contribution in [3.8, 4) is 0 Å². The summed E-state index contributed by atoms with van der Waals surface area (Å²) in [6.07, 6.45) is 3.81. The summed E-state index contributed by atoms with van der Waals surface area (Å²) in [5, 5.41) is 0.722. The minimum absolute atomic E-state index is 0.182. The number of halogens is 1. The molecule has 0 amide bonds. The second-order valence-electron chi connectivity index (χ2n) is 4.93. The first-order valence-corrected chi connectivity index (χ1v) is 5.88. The van der Waals surface area contributed by atoms with Gasteiger partial charge in [-0.3, -0.25) is 4.79 Å². The minimum Gasteiger partial charge on any atom is -0.294 e. The lowest BCUT2D eigenvalue weighted by Crippen LogP contribution is -2.17. The van der Waals surface area contributed by atoms with E-state index in [9.17, 15) is 4.79 Å². The fourth-order valence-electron chi connectivity index (χ4n) is 2.01. The SMILES string of the molecule is CC1(C)CC/C(=C\c2ccc(Cl)cc2)C1=O. The predicted octanol–water partition coefficient (Wildman–Crippen LogP) is 4.11. The van der Waals surface area contributed by atoms with Crippen LogP contribution in [0.3, 0.4) is 0 Å². The number of hydrogen-bond acceptors (Lipinski definition) is 1. The van der Waals surface area contributed by atoms with Gasteiger partial charge in [0.1, 0.15) is 0 Å². The number of Topliss-reactive ketones (excluding diaryl/α,β-unsaturated/α-hetero) is 1. The molecule has 1 aliphatic rings.